The average Bonchev–Trinajstić information content (AvgIpc) is 2.76. The van der Waals surface area contributed by atoms with Crippen LogP contribution in [0.5, 0.6) is 17.2 Å². The molecule has 1 amide bonds. The van der Waals surface area contributed by atoms with Crippen molar-refractivity contribution in [3.63, 3.8) is 0 Å². The molecule has 0 unspecified atom stereocenters. The van der Waals surface area contributed by atoms with E-state index in [4.69, 9.17) is 32.7 Å². The molecule has 1 heterocycles. The highest BCUT2D eigenvalue weighted by atomic mass is 35.5. The van der Waals surface area contributed by atoms with Gasteiger partial charge in [0, 0.05) is 16.6 Å². The van der Waals surface area contributed by atoms with E-state index in [9.17, 15) is 4.79 Å². The zero-order valence-electron chi connectivity index (χ0n) is 15.9. The van der Waals surface area contributed by atoms with Crippen LogP contribution in [0.1, 0.15) is 10.4 Å². The number of amides is 1. The highest BCUT2D eigenvalue weighted by Crippen LogP contribution is 2.39. The fourth-order valence-corrected chi connectivity index (χ4v) is 3.49. The third kappa shape index (κ3) is 4.32. The molecule has 5 nitrogen and oxygen atoms in total. The summed E-state index contributed by atoms with van der Waals surface area (Å²) in [4.78, 5) is 16.9. The Bertz CT molecular complexity index is 1220. The minimum Gasteiger partial charge on any atom is -0.497 e. The first kappa shape index (κ1) is 20.0. The standard InChI is InChI=1S/C23H16Cl2N2O3/c1-29-17-7-4-6-15(10-17)23(28)27-16-11-19(24)22(20(25)12-16)30-18-9-14-5-2-3-8-21(14)26-13-18/h2-13H,1H3,(H,27,28). The molecule has 0 saturated carbocycles. The SMILES string of the molecule is COc1cccc(C(=O)Nc2cc(Cl)c(Oc3cnc4ccccc4c3)c(Cl)c2)c1. The fraction of sp³-hybridized carbons (Fsp3) is 0.0435. The lowest BCUT2D eigenvalue weighted by Gasteiger charge is -2.13. The van der Waals surface area contributed by atoms with Crippen LogP contribution in [0, 0.1) is 0 Å². The van der Waals surface area contributed by atoms with Crippen molar-refractivity contribution in [1.82, 2.24) is 4.98 Å². The maximum Gasteiger partial charge on any atom is 0.255 e. The van der Waals surface area contributed by atoms with E-state index < -0.39 is 0 Å². The number of carbonyl (C=O) groups excluding carboxylic acids is 1. The van der Waals surface area contributed by atoms with Crippen molar-refractivity contribution in [2.24, 2.45) is 0 Å². The Hall–Kier alpha value is -3.28. The van der Waals surface area contributed by atoms with Gasteiger partial charge in [-0.25, -0.2) is 0 Å². The molecular formula is C23H16Cl2N2O3. The van der Waals surface area contributed by atoms with Crippen molar-refractivity contribution in [2.45, 2.75) is 0 Å². The Morgan fingerprint density at radius 2 is 1.70 bits per heavy atom. The van der Waals surface area contributed by atoms with Gasteiger partial charge in [-0.3, -0.25) is 9.78 Å². The van der Waals surface area contributed by atoms with Gasteiger partial charge in [-0.1, -0.05) is 47.5 Å². The Kier molecular flexibility index (Phi) is 5.74. The Morgan fingerprint density at radius 3 is 2.47 bits per heavy atom. The number of nitrogens with one attached hydrogen (secondary N) is 1. The Labute approximate surface area is 183 Å². The molecule has 0 atom stereocenters. The van der Waals surface area contributed by atoms with E-state index >= 15 is 0 Å². The van der Waals surface area contributed by atoms with E-state index in [1.165, 1.54) is 0 Å². The maximum absolute atomic E-state index is 12.5. The van der Waals surface area contributed by atoms with Crippen molar-refractivity contribution in [2.75, 3.05) is 12.4 Å². The normalized spacial score (nSPS) is 10.6. The van der Waals surface area contributed by atoms with Crippen LogP contribution in [0.3, 0.4) is 0 Å². The quantitative estimate of drug-likeness (QED) is 0.381. The number of anilines is 1. The molecule has 4 rings (SSSR count). The molecule has 0 saturated heterocycles. The number of methoxy groups -OCH3 is 1. The van der Waals surface area contributed by atoms with Crippen LogP contribution >= 0.6 is 23.2 Å². The van der Waals surface area contributed by atoms with Crippen molar-refractivity contribution in [3.8, 4) is 17.2 Å². The number of pyridine rings is 1. The fourth-order valence-electron chi connectivity index (χ4n) is 2.92. The van der Waals surface area contributed by atoms with E-state index in [-0.39, 0.29) is 21.7 Å². The molecule has 0 spiro atoms. The van der Waals surface area contributed by atoms with Crippen molar-refractivity contribution in [1.29, 1.82) is 0 Å². The number of para-hydroxylation sites is 1. The topological polar surface area (TPSA) is 60.5 Å². The minimum atomic E-state index is -0.312. The summed E-state index contributed by atoms with van der Waals surface area (Å²) in [5.74, 6) is 1.07. The van der Waals surface area contributed by atoms with Crippen LogP contribution in [0.25, 0.3) is 10.9 Å². The van der Waals surface area contributed by atoms with Gasteiger partial charge in [-0.15, -0.1) is 0 Å². The summed E-state index contributed by atoms with van der Waals surface area (Å²) in [7, 11) is 1.54. The van der Waals surface area contributed by atoms with Gasteiger partial charge in [0.1, 0.15) is 11.5 Å². The lowest BCUT2D eigenvalue weighted by atomic mass is 10.2. The summed E-state index contributed by atoms with van der Waals surface area (Å²) in [5, 5.41) is 4.23. The van der Waals surface area contributed by atoms with Gasteiger partial charge in [-0.2, -0.15) is 0 Å². The summed E-state index contributed by atoms with van der Waals surface area (Å²) in [6, 6.07) is 19.5. The van der Waals surface area contributed by atoms with E-state index in [0.29, 0.717) is 22.7 Å². The average molecular weight is 439 g/mol. The van der Waals surface area contributed by atoms with Gasteiger partial charge < -0.3 is 14.8 Å². The van der Waals surface area contributed by atoms with E-state index in [1.807, 2.05) is 30.3 Å². The molecule has 0 aliphatic rings. The zero-order valence-corrected chi connectivity index (χ0v) is 17.4. The molecule has 30 heavy (non-hydrogen) atoms. The number of benzene rings is 3. The molecule has 4 aromatic rings. The summed E-state index contributed by atoms with van der Waals surface area (Å²) >= 11 is 12.8. The highest BCUT2D eigenvalue weighted by Gasteiger charge is 2.14. The second-order valence-corrected chi connectivity index (χ2v) is 7.24. The van der Waals surface area contributed by atoms with Crippen LogP contribution in [0.15, 0.2) is 72.9 Å². The third-order valence-electron chi connectivity index (χ3n) is 4.37. The summed E-state index contributed by atoms with van der Waals surface area (Å²) < 4.78 is 11.0. The molecule has 0 bridgehead atoms. The number of carbonyl (C=O) groups is 1. The van der Waals surface area contributed by atoms with Crippen LogP contribution in [0.4, 0.5) is 5.69 Å². The van der Waals surface area contributed by atoms with Crippen LogP contribution < -0.4 is 14.8 Å². The van der Waals surface area contributed by atoms with Crippen molar-refractivity contribution >= 4 is 45.7 Å². The number of hydrogen-bond acceptors (Lipinski definition) is 4. The molecule has 0 fully saturated rings. The first-order chi connectivity index (χ1) is 14.5. The summed E-state index contributed by atoms with van der Waals surface area (Å²) in [6.45, 7) is 0. The zero-order chi connectivity index (χ0) is 21.1. The Morgan fingerprint density at radius 1 is 0.933 bits per heavy atom. The lowest BCUT2D eigenvalue weighted by Crippen LogP contribution is -2.12. The van der Waals surface area contributed by atoms with Gasteiger partial charge in [0.15, 0.2) is 5.75 Å². The van der Waals surface area contributed by atoms with E-state index in [1.54, 1.807) is 49.7 Å². The highest BCUT2D eigenvalue weighted by molar-refractivity contribution is 6.37. The number of nitrogens with zero attached hydrogens (tertiary/aromatic N) is 1. The summed E-state index contributed by atoms with van der Waals surface area (Å²) in [6.07, 6.45) is 1.60. The maximum atomic E-state index is 12.5. The third-order valence-corrected chi connectivity index (χ3v) is 4.93. The number of aromatic nitrogens is 1. The molecule has 1 N–H and O–H groups in total. The molecule has 0 aliphatic heterocycles. The van der Waals surface area contributed by atoms with E-state index in [2.05, 4.69) is 10.3 Å². The number of rotatable bonds is 5. The molecule has 7 heteroatoms. The van der Waals surface area contributed by atoms with Crippen LogP contribution in [-0.4, -0.2) is 18.0 Å². The number of hydrogen-bond donors (Lipinski definition) is 1. The predicted octanol–water partition coefficient (Wildman–Crippen LogP) is 6.59. The first-order valence-electron chi connectivity index (χ1n) is 9.00. The minimum absolute atomic E-state index is 0.261. The van der Waals surface area contributed by atoms with Gasteiger partial charge in [0.25, 0.3) is 5.91 Å². The molecule has 150 valence electrons. The molecular weight excluding hydrogens is 423 g/mol. The van der Waals surface area contributed by atoms with Gasteiger partial charge in [0.2, 0.25) is 0 Å². The number of ether oxygens (including phenoxy) is 2. The molecule has 3 aromatic carbocycles. The largest absolute Gasteiger partial charge is 0.497 e. The van der Waals surface area contributed by atoms with Gasteiger partial charge >= 0.3 is 0 Å². The number of fused-ring (bicyclic) bond motifs is 1. The second kappa shape index (κ2) is 8.61. The van der Waals surface area contributed by atoms with Gasteiger partial charge in [0.05, 0.1) is 28.9 Å². The second-order valence-electron chi connectivity index (χ2n) is 6.42. The monoisotopic (exact) mass is 438 g/mol. The number of halogens is 2. The smallest absolute Gasteiger partial charge is 0.255 e. The molecule has 0 radical (unpaired) electrons. The van der Waals surface area contributed by atoms with E-state index in [0.717, 1.165) is 10.9 Å². The summed E-state index contributed by atoms with van der Waals surface area (Å²) in [5.41, 5.74) is 1.75. The van der Waals surface area contributed by atoms with Crippen LogP contribution in [0.2, 0.25) is 10.0 Å². The predicted molar refractivity (Wildman–Crippen MR) is 119 cm³/mol. The van der Waals surface area contributed by atoms with Crippen LogP contribution in [-0.2, 0) is 0 Å². The van der Waals surface area contributed by atoms with Gasteiger partial charge in [-0.05, 0) is 42.5 Å². The lowest BCUT2D eigenvalue weighted by molar-refractivity contribution is 0.102. The molecule has 0 aliphatic carbocycles. The van der Waals surface area contributed by atoms with Crippen molar-refractivity contribution < 1.29 is 14.3 Å². The van der Waals surface area contributed by atoms with Crippen molar-refractivity contribution in [3.05, 3.63) is 88.5 Å². The molecule has 1 aromatic heterocycles. The Balaban J connectivity index is 1.55. The first-order valence-corrected chi connectivity index (χ1v) is 9.76.